The van der Waals surface area contributed by atoms with Crippen molar-refractivity contribution in [2.75, 3.05) is 15.9 Å². The second-order valence-corrected chi connectivity index (χ2v) is 5.50. The molecule has 5 heteroatoms. The molecule has 1 aromatic rings. The molecule has 2 rings (SSSR count). The van der Waals surface area contributed by atoms with Crippen LogP contribution < -0.4 is 4.90 Å². The number of halogens is 2. The van der Waals surface area contributed by atoms with Crippen molar-refractivity contribution in [3.05, 3.63) is 28.2 Å². The van der Waals surface area contributed by atoms with Gasteiger partial charge in [0.15, 0.2) is 0 Å². The number of anilines is 1. The van der Waals surface area contributed by atoms with Crippen molar-refractivity contribution in [3.8, 4) is 0 Å². The Kier molecular flexibility index (Phi) is 3.73. The lowest BCUT2D eigenvalue weighted by atomic mass is 10.2. The van der Waals surface area contributed by atoms with E-state index in [1.165, 1.54) is 0 Å². The van der Waals surface area contributed by atoms with Crippen molar-refractivity contribution < 1.29 is 9.53 Å². The molecule has 3 nitrogen and oxygen atoms in total. The lowest BCUT2D eigenvalue weighted by Gasteiger charge is -2.15. The van der Waals surface area contributed by atoms with Gasteiger partial charge in [-0.05, 0) is 30.7 Å². The summed E-state index contributed by atoms with van der Waals surface area (Å²) in [6.45, 7) is 2.63. The van der Waals surface area contributed by atoms with E-state index in [0.717, 1.165) is 20.2 Å². The summed E-state index contributed by atoms with van der Waals surface area (Å²) in [5.74, 6) is 0. The van der Waals surface area contributed by atoms with Crippen molar-refractivity contribution in [1.29, 1.82) is 0 Å². The average molecular weight is 396 g/mol. The number of nitrogens with zero attached hydrogens (tertiary/aromatic N) is 1. The minimum absolute atomic E-state index is 0.0103. The van der Waals surface area contributed by atoms with Crippen LogP contribution in [0.2, 0.25) is 0 Å². The van der Waals surface area contributed by atoms with Crippen LogP contribution in [0.1, 0.15) is 5.56 Å². The largest absolute Gasteiger partial charge is 0.443 e. The van der Waals surface area contributed by atoms with Crippen LogP contribution in [0, 0.1) is 6.92 Å². The van der Waals surface area contributed by atoms with Gasteiger partial charge in [-0.15, -0.1) is 0 Å². The zero-order chi connectivity index (χ0) is 11.7. The molecule has 0 bridgehead atoms. The van der Waals surface area contributed by atoms with E-state index in [2.05, 4.69) is 38.5 Å². The number of carbonyl (C=O) groups excluding carboxylic acids is 1. The second kappa shape index (κ2) is 4.91. The number of benzene rings is 1. The van der Waals surface area contributed by atoms with E-state index in [9.17, 15) is 4.79 Å². The molecule has 16 heavy (non-hydrogen) atoms. The Balaban J connectivity index is 2.28. The van der Waals surface area contributed by atoms with Crippen molar-refractivity contribution in [1.82, 2.24) is 0 Å². The Hall–Kier alpha value is -0.300. The minimum Gasteiger partial charge on any atom is -0.443 e. The number of rotatable bonds is 2. The third-order valence-corrected chi connectivity index (χ3v) is 3.97. The molecule has 0 aliphatic carbocycles. The molecule has 1 aliphatic rings. The second-order valence-electron chi connectivity index (χ2n) is 3.70. The highest BCUT2D eigenvalue weighted by Crippen LogP contribution is 2.27. The number of alkyl halides is 1. The van der Waals surface area contributed by atoms with Crippen LogP contribution in [0.3, 0.4) is 0 Å². The molecule has 0 radical (unpaired) electrons. The monoisotopic (exact) mass is 395 g/mol. The summed E-state index contributed by atoms with van der Waals surface area (Å²) < 4.78 is 7.08. The first kappa shape index (κ1) is 12.2. The zero-order valence-corrected chi connectivity index (χ0v) is 12.5. The van der Waals surface area contributed by atoms with Gasteiger partial charge in [-0.1, -0.05) is 38.5 Å². The molecule has 1 unspecified atom stereocenters. The number of hydrogen-bond donors (Lipinski definition) is 0. The molecule has 1 aliphatic heterocycles. The summed E-state index contributed by atoms with van der Waals surface area (Å²) in [6, 6.07) is 5.88. The summed E-state index contributed by atoms with van der Waals surface area (Å²) in [7, 11) is 0. The van der Waals surface area contributed by atoms with E-state index in [1.807, 2.05) is 25.1 Å². The third kappa shape index (κ3) is 2.34. The number of ether oxygens (including phenoxy) is 1. The predicted octanol–water partition coefficient (Wildman–Crippen LogP) is 3.52. The van der Waals surface area contributed by atoms with Crippen LogP contribution in [0.4, 0.5) is 10.5 Å². The highest BCUT2D eigenvalue weighted by molar-refractivity contribution is 14.1. The SMILES string of the molecule is Cc1cc(Br)ccc1N1CC(CI)OC1=O. The van der Waals surface area contributed by atoms with Crippen molar-refractivity contribution in [2.24, 2.45) is 0 Å². The average Bonchev–Trinajstić information content (AvgIpc) is 2.60. The Morgan fingerprint density at radius 2 is 2.38 bits per heavy atom. The van der Waals surface area contributed by atoms with Gasteiger partial charge in [-0.25, -0.2) is 4.79 Å². The molecule has 0 spiro atoms. The van der Waals surface area contributed by atoms with Crippen LogP contribution in [0.5, 0.6) is 0 Å². The number of cyclic esters (lactones) is 1. The molecule has 1 atom stereocenters. The summed E-state index contributed by atoms with van der Waals surface area (Å²) >= 11 is 5.64. The fourth-order valence-corrected chi connectivity index (χ4v) is 2.65. The predicted molar refractivity (Wildman–Crippen MR) is 75.4 cm³/mol. The lowest BCUT2D eigenvalue weighted by Crippen LogP contribution is -2.25. The fraction of sp³-hybridized carbons (Fsp3) is 0.364. The Labute approximate surface area is 116 Å². The highest BCUT2D eigenvalue weighted by Gasteiger charge is 2.32. The smallest absolute Gasteiger partial charge is 0.414 e. The molecule has 0 N–H and O–H groups in total. The molecule has 1 fully saturated rings. The van der Waals surface area contributed by atoms with E-state index in [1.54, 1.807) is 4.90 Å². The molecular weight excluding hydrogens is 385 g/mol. The number of carbonyl (C=O) groups is 1. The van der Waals surface area contributed by atoms with Crippen LogP contribution >= 0.6 is 38.5 Å². The maximum Gasteiger partial charge on any atom is 0.414 e. The molecule has 0 saturated carbocycles. The Morgan fingerprint density at radius 1 is 1.62 bits per heavy atom. The number of aryl methyl sites for hydroxylation is 1. The first-order valence-corrected chi connectivity index (χ1v) is 7.24. The summed E-state index contributed by atoms with van der Waals surface area (Å²) in [5, 5.41) is 0. The number of amides is 1. The van der Waals surface area contributed by atoms with Gasteiger partial charge in [-0.2, -0.15) is 0 Å². The molecular formula is C11H11BrINO2. The maximum atomic E-state index is 11.7. The zero-order valence-electron chi connectivity index (χ0n) is 8.74. The van der Waals surface area contributed by atoms with Gasteiger partial charge in [0.2, 0.25) is 0 Å². The van der Waals surface area contributed by atoms with E-state index in [-0.39, 0.29) is 12.2 Å². The lowest BCUT2D eigenvalue weighted by molar-refractivity contribution is 0.152. The van der Waals surface area contributed by atoms with Crippen molar-refractivity contribution in [2.45, 2.75) is 13.0 Å². The van der Waals surface area contributed by atoms with Gasteiger partial charge >= 0.3 is 6.09 Å². The highest BCUT2D eigenvalue weighted by atomic mass is 127. The first-order chi connectivity index (χ1) is 7.61. The third-order valence-electron chi connectivity index (χ3n) is 2.50. The summed E-state index contributed by atoms with van der Waals surface area (Å²) in [4.78, 5) is 13.4. The topological polar surface area (TPSA) is 29.5 Å². The minimum atomic E-state index is -0.243. The van der Waals surface area contributed by atoms with E-state index in [0.29, 0.717) is 6.54 Å². The molecule has 1 amide bonds. The Morgan fingerprint density at radius 3 is 2.94 bits per heavy atom. The molecule has 0 aromatic heterocycles. The molecule has 1 aromatic carbocycles. The maximum absolute atomic E-state index is 11.7. The van der Waals surface area contributed by atoms with Gasteiger partial charge < -0.3 is 4.74 Å². The van der Waals surface area contributed by atoms with Gasteiger partial charge in [0.1, 0.15) is 6.10 Å². The van der Waals surface area contributed by atoms with E-state index >= 15 is 0 Å². The Bertz CT molecular complexity index is 424. The molecule has 1 heterocycles. The van der Waals surface area contributed by atoms with E-state index in [4.69, 9.17) is 4.74 Å². The van der Waals surface area contributed by atoms with Crippen LogP contribution in [0.15, 0.2) is 22.7 Å². The van der Waals surface area contributed by atoms with Crippen LogP contribution in [0.25, 0.3) is 0 Å². The summed E-state index contributed by atoms with van der Waals surface area (Å²) in [6.07, 6.45) is -0.233. The quantitative estimate of drug-likeness (QED) is 0.566. The van der Waals surface area contributed by atoms with Gasteiger partial charge in [0.05, 0.1) is 12.2 Å². The number of hydrogen-bond acceptors (Lipinski definition) is 2. The first-order valence-electron chi connectivity index (χ1n) is 4.92. The van der Waals surface area contributed by atoms with Crippen molar-refractivity contribution >= 4 is 50.3 Å². The summed E-state index contributed by atoms with van der Waals surface area (Å²) in [5.41, 5.74) is 2.00. The van der Waals surface area contributed by atoms with Gasteiger partial charge in [-0.3, -0.25) is 4.90 Å². The molecule has 86 valence electrons. The molecule has 1 saturated heterocycles. The standard InChI is InChI=1S/C11H11BrINO2/c1-7-4-8(12)2-3-10(7)14-6-9(5-13)16-11(14)15/h2-4,9H,5-6H2,1H3. The van der Waals surface area contributed by atoms with Crippen LogP contribution in [-0.2, 0) is 4.74 Å². The van der Waals surface area contributed by atoms with Gasteiger partial charge in [0.25, 0.3) is 0 Å². The van der Waals surface area contributed by atoms with E-state index < -0.39 is 0 Å². The normalized spacial score (nSPS) is 20.1. The fourth-order valence-electron chi connectivity index (χ4n) is 1.72. The van der Waals surface area contributed by atoms with Gasteiger partial charge in [0, 0.05) is 8.90 Å². The van der Waals surface area contributed by atoms with Crippen molar-refractivity contribution in [3.63, 3.8) is 0 Å². The van der Waals surface area contributed by atoms with Crippen LogP contribution in [-0.4, -0.2) is 23.2 Å².